The van der Waals surface area contributed by atoms with Crippen molar-refractivity contribution in [2.75, 3.05) is 13.2 Å². The molecule has 1 aliphatic carbocycles. The fourth-order valence-corrected chi connectivity index (χ4v) is 2.81. The summed E-state index contributed by atoms with van der Waals surface area (Å²) in [5.74, 6) is 1.96. The second-order valence-corrected chi connectivity index (χ2v) is 6.14. The lowest BCUT2D eigenvalue weighted by Crippen LogP contribution is -2.34. The van der Waals surface area contributed by atoms with Gasteiger partial charge in [-0.15, -0.1) is 0 Å². The van der Waals surface area contributed by atoms with E-state index in [2.05, 4.69) is 37.4 Å². The van der Waals surface area contributed by atoms with Crippen LogP contribution in [0.2, 0.25) is 0 Å². The van der Waals surface area contributed by atoms with E-state index in [-0.39, 0.29) is 0 Å². The molecule has 1 saturated carbocycles. The van der Waals surface area contributed by atoms with Crippen LogP contribution in [-0.2, 0) is 0 Å². The Balaban J connectivity index is 1.72. The molecule has 0 bridgehead atoms. The minimum Gasteiger partial charge on any atom is -0.494 e. The molecule has 0 radical (unpaired) electrons. The highest BCUT2D eigenvalue weighted by Gasteiger charge is 2.21. The van der Waals surface area contributed by atoms with Crippen molar-refractivity contribution in [1.82, 2.24) is 5.32 Å². The van der Waals surface area contributed by atoms with Gasteiger partial charge in [0.15, 0.2) is 0 Å². The molecule has 0 saturated heterocycles. The van der Waals surface area contributed by atoms with Gasteiger partial charge in [0.05, 0.1) is 6.61 Å². The molecule has 0 amide bonds. The van der Waals surface area contributed by atoms with Gasteiger partial charge in [0.25, 0.3) is 0 Å². The molecule has 0 aliphatic heterocycles. The zero-order valence-corrected chi connectivity index (χ0v) is 13.0. The Morgan fingerprint density at radius 1 is 1.35 bits per heavy atom. The zero-order chi connectivity index (χ0) is 14.2. The summed E-state index contributed by atoms with van der Waals surface area (Å²) in [6.07, 6.45) is 7.96. The largest absolute Gasteiger partial charge is 0.494 e. The molecule has 20 heavy (non-hydrogen) atoms. The Morgan fingerprint density at radius 2 is 2.20 bits per heavy atom. The van der Waals surface area contributed by atoms with Gasteiger partial charge in [-0.2, -0.15) is 0 Å². The van der Waals surface area contributed by atoms with Crippen molar-refractivity contribution in [3.05, 3.63) is 29.8 Å². The lowest BCUT2D eigenvalue weighted by Gasteiger charge is -2.30. The number of nitrogens with one attached hydrogen (secondary N) is 1. The predicted octanol–water partition coefficient (Wildman–Crippen LogP) is 4.32. The smallest absolute Gasteiger partial charge is 0.119 e. The molecule has 1 unspecified atom stereocenters. The monoisotopic (exact) mass is 275 g/mol. The first-order valence-electron chi connectivity index (χ1n) is 8.20. The van der Waals surface area contributed by atoms with E-state index in [0.29, 0.717) is 6.04 Å². The van der Waals surface area contributed by atoms with Crippen molar-refractivity contribution in [3.63, 3.8) is 0 Å². The summed E-state index contributed by atoms with van der Waals surface area (Å²) < 4.78 is 5.89. The maximum Gasteiger partial charge on any atom is 0.119 e. The highest BCUT2D eigenvalue weighted by molar-refractivity contribution is 5.27. The number of rotatable bonds is 9. The third kappa shape index (κ3) is 5.16. The zero-order valence-electron chi connectivity index (χ0n) is 13.0. The molecule has 1 atom stereocenters. The third-order valence-electron chi connectivity index (χ3n) is 4.25. The van der Waals surface area contributed by atoms with Crippen molar-refractivity contribution < 1.29 is 4.74 Å². The summed E-state index contributed by atoms with van der Waals surface area (Å²) in [6.45, 7) is 6.28. The molecule has 0 heterocycles. The Kier molecular flexibility index (Phi) is 6.38. The summed E-state index contributed by atoms with van der Waals surface area (Å²) in [4.78, 5) is 0. The summed E-state index contributed by atoms with van der Waals surface area (Å²) in [7, 11) is 0. The molecule has 0 aromatic heterocycles. The van der Waals surface area contributed by atoms with Gasteiger partial charge in [0.1, 0.15) is 5.75 Å². The third-order valence-corrected chi connectivity index (χ3v) is 4.25. The highest BCUT2D eigenvalue weighted by atomic mass is 16.5. The van der Waals surface area contributed by atoms with E-state index < -0.39 is 0 Å². The molecule has 1 N–H and O–H groups in total. The van der Waals surface area contributed by atoms with E-state index in [4.69, 9.17) is 4.74 Å². The van der Waals surface area contributed by atoms with Crippen LogP contribution >= 0.6 is 0 Å². The Morgan fingerprint density at radius 3 is 2.85 bits per heavy atom. The van der Waals surface area contributed by atoms with Crippen LogP contribution in [0.5, 0.6) is 5.75 Å². The molecular formula is C18H29NO. The number of benzene rings is 1. The minimum atomic E-state index is 0.630. The van der Waals surface area contributed by atoms with E-state index in [1.165, 1.54) is 37.7 Å². The lowest BCUT2D eigenvalue weighted by molar-refractivity contribution is 0.227. The van der Waals surface area contributed by atoms with Crippen LogP contribution in [0.1, 0.15) is 51.0 Å². The van der Waals surface area contributed by atoms with E-state index in [0.717, 1.165) is 31.2 Å². The molecule has 112 valence electrons. The number of ether oxygens (including phenoxy) is 1. The minimum absolute atomic E-state index is 0.630. The Labute approximate surface area is 123 Å². The van der Waals surface area contributed by atoms with Crippen molar-refractivity contribution in [3.8, 4) is 5.75 Å². The van der Waals surface area contributed by atoms with Gasteiger partial charge in [-0.25, -0.2) is 0 Å². The molecule has 1 aromatic carbocycles. The van der Waals surface area contributed by atoms with Crippen LogP contribution in [0.25, 0.3) is 0 Å². The number of aryl methyl sites for hydroxylation is 1. The summed E-state index contributed by atoms with van der Waals surface area (Å²) >= 11 is 0. The molecule has 2 rings (SSSR count). The van der Waals surface area contributed by atoms with Crippen LogP contribution < -0.4 is 10.1 Å². The maximum atomic E-state index is 5.89. The van der Waals surface area contributed by atoms with E-state index in [1.807, 2.05) is 6.07 Å². The van der Waals surface area contributed by atoms with E-state index >= 15 is 0 Å². The second-order valence-electron chi connectivity index (χ2n) is 6.14. The fraction of sp³-hybridized carbons (Fsp3) is 0.667. The van der Waals surface area contributed by atoms with Gasteiger partial charge in [-0.05, 0) is 56.3 Å². The van der Waals surface area contributed by atoms with Crippen molar-refractivity contribution in [2.24, 2.45) is 5.92 Å². The maximum absolute atomic E-state index is 5.89. The molecule has 2 heteroatoms. The van der Waals surface area contributed by atoms with Crippen LogP contribution in [0.15, 0.2) is 24.3 Å². The van der Waals surface area contributed by atoms with Crippen LogP contribution in [0.4, 0.5) is 0 Å². The van der Waals surface area contributed by atoms with Gasteiger partial charge in [-0.3, -0.25) is 0 Å². The van der Waals surface area contributed by atoms with E-state index in [1.54, 1.807) is 0 Å². The molecule has 2 nitrogen and oxygen atoms in total. The SMILES string of the molecule is CCCNC(CCOc1cccc(C)c1)CC1CCC1. The fourth-order valence-electron chi connectivity index (χ4n) is 2.81. The molecule has 1 fully saturated rings. The number of hydrogen-bond donors (Lipinski definition) is 1. The molecular weight excluding hydrogens is 246 g/mol. The Bertz CT molecular complexity index is 387. The summed E-state index contributed by atoms with van der Waals surface area (Å²) in [5.41, 5.74) is 1.26. The van der Waals surface area contributed by atoms with Gasteiger partial charge < -0.3 is 10.1 Å². The van der Waals surface area contributed by atoms with Gasteiger partial charge >= 0.3 is 0 Å². The standard InChI is InChI=1S/C18H29NO/c1-3-11-19-17(14-16-7-5-8-16)10-12-20-18-9-4-6-15(2)13-18/h4,6,9,13,16-17,19H,3,5,7-8,10-12,14H2,1-2H3. The first-order chi connectivity index (χ1) is 9.78. The van der Waals surface area contributed by atoms with Crippen LogP contribution in [0.3, 0.4) is 0 Å². The van der Waals surface area contributed by atoms with Crippen LogP contribution in [0, 0.1) is 12.8 Å². The first kappa shape index (κ1) is 15.4. The molecule has 0 spiro atoms. The molecule has 1 aromatic rings. The van der Waals surface area contributed by atoms with Crippen LogP contribution in [-0.4, -0.2) is 19.2 Å². The number of hydrogen-bond acceptors (Lipinski definition) is 2. The van der Waals surface area contributed by atoms with Crippen molar-refractivity contribution >= 4 is 0 Å². The van der Waals surface area contributed by atoms with Gasteiger partial charge in [0.2, 0.25) is 0 Å². The van der Waals surface area contributed by atoms with Crippen molar-refractivity contribution in [2.45, 2.75) is 58.4 Å². The quantitative estimate of drug-likeness (QED) is 0.724. The average Bonchev–Trinajstić information content (AvgIpc) is 2.39. The Hall–Kier alpha value is -1.02. The predicted molar refractivity (Wildman–Crippen MR) is 85.3 cm³/mol. The lowest BCUT2D eigenvalue weighted by atomic mass is 9.80. The second kappa shape index (κ2) is 8.31. The first-order valence-corrected chi connectivity index (χ1v) is 8.20. The van der Waals surface area contributed by atoms with E-state index in [9.17, 15) is 0 Å². The summed E-state index contributed by atoms with van der Waals surface area (Å²) in [5, 5.41) is 3.69. The highest BCUT2D eigenvalue weighted by Crippen LogP contribution is 2.31. The summed E-state index contributed by atoms with van der Waals surface area (Å²) in [6, 6.07) is 8.96. The topological polar surface area (TPSA) is 21.3 Å². The van der Waals surface area contributed by atoms with Gasteiger partial charge in [-0.1, -0.05) is 38.3 Å². The average molecular weight is 275 g/mol. The van der Waals surface area contributed by atoms with Crippen molar-refractivity contribution in [1.29, 1.82) is 0 Å². The van der Waals surface area contributed by atoms with Gasteiger partial charge in [0, 0.05) is 6.04 Å². The normalized spacial score (nSPS) is 16.7. The molecule has 1 aliphatic rings.